The smallest absolute Gasteiger partial charge is 0.224 e. The van der Waals surface area contributed by atoms with Gasteiger partial charge in [-0.2, -0.15) is 10.2 Å². The lowest BCUT2D eigenvalue weighted by atomic mass is 9.78. The van der Waals surface area contributed by atoms with Crippen LogP contribution in [0.3, 0.4) is 0 Å². The Morgan fingerprint density at radius 1 is 1.57 bits per heavy atom. The molecule has 2 fully saturated rings. The van der Waals surface area contributed by atoms with Gasteiger partial charge in [0.2, 0.25) is 11.2 Å². The van der Waals surface area contributed by atoms with Crippen LogP contribution in [-0.4, -0.2) is 21.9 Å². The number of hydrogen-bond acceptors (Lipinski definition) is 5. The summed E-state index contributed by atoms with van der Waals surface area (Å²) in [6.07, 6.45) is 2.37. The van der Waals surface area contributed by atoms with Gasteiger partial charge in [0.1, 0.15) is 0 Å². The molecule has 2 aliphatic rings. The summed E-state index contributed by atoms with van der Waals surface area (Å²) in [5.74, 6) is -1.69. The van der Waals surface area contributed by atoms with Crippen molar-refractivity contribution < 1.29 is 9.18 Å². The second-order valence-corrected chi connectivity index (χ2v) is 5.90. The number of halogens is 2. The zero-order valence-corrected chi connectivity index (χ0v) is 11.7. The van der Waals surface area contributed by atoms with Crippen LogP contribution in [0.4, 0.5) is 10.2 Å². The first-order valence-electron chi connectivity index (χ1n) is 6.64. The molecule has 0 spiro atoms. The maximum atomic E-state index is 13.7. The summed E-state index contributed by atoms with van der Waals surface area (Å²) in [5, 5.41) is 12.0. The predicted octanol–water partition coefficient (Wildman–Crippen LogP) is 1.33. The van der Waals surface area contributed by atoms with Crippen LogP contribution < -0.4 is 11.1 Å². The van der Waals surface area contributed by atoms with E-state index >= 15 is 0 Å². The molecular formula is C13H13ClFN5O. The molecule has 1 amide bonds. The highest BCUT2D eigenvalue weighted by Crippen LogP contribution is 2.52. The Labute approximate surface area is 125 Å². The van der Waals surface area contributed by atoms with E-state index < -0.39 is 23.7 Å². The topological polar surface area (TPSA) is 105 Å². The molecule has 1 aromatic heterocycles. The van der Waals surface area contributed by atoms with Gasteiger partial charge in [0.25, 0.3) is 0 Å². The van der Waals surface area contributed by atoms with E-state index in [1.165, 1.54) is 0 Å². The van der Waals surface area contributed by atoms with Gasteiger partial charge in [-0.05, 0) is 36.3 Å². The molecule has 1 aromatic rings. The summed E-state index contributed by atoms with van der Waals surface area (Å²) in [5.41, 5.74) is 5.47. The molecule has 21 heavy (non-hydrogen) atoms. The van der Waals surface area contributed by atoms with E-state index in [2.05, 4.69) is 21.4 Å². The van der Waals surface area contributed by atoms with Crippen LogP contribution in [0.2, 0.25) is 5.28 Å². The van der Waals surface area contributed by atoms with Gasteiger partial charge in [-0.25, -0.2) is 9.37 Å². The maximum absolute atomic E-state index is 13.7. The molecule has 1 unspecified atom stereocenters. The lowest BCUT2D eigenvalue weighted by Crippen LogP contribution is -2.45. The van der Waals surface area contributed by atoms with Gasteiger partial charge in [-0.15, -0.1) is 0 Å². The number of primary amides is 1. The number of amides is 1. The van der Waals surface area contributed by atoms with Crippen LogP contribution in [0.15, 0.2) is 6.20 Å². The van der Waals surface area contributed by atoms with Crippen LogP contribution >= 0.6 is 11.6 Å². The SMILES string of the molecule is N#CC1C[C@@H]2C[C@H]1[C@@H](Nc1nc(Cl)ncc1F)[C@H]2C(N)=O. The largest absolute Gasteiger partial charge is 0.369 e. The van der Waals surface area contributed by atoms with E-state index in [9.17, 15) is 14.4 Å². The molecule has 2 bridgehead atoms. The molecule has 8 heteroatoms. The first-order valence-corrected chi connectivity index (χ1v) is 7.02. The Balaban J connectivity index is 1.90. The molecule has 0 aliphatic heterocycles. The molecule has 0 saturated heterocycles. The van der Waals surface area contributed by atoms with Crippen LogP contribution in [0.5, 0.6) is 0 Å². The third kappa shape index (κ3) is 2.29. The number of rotatable bonds is 3. The van der Waals surface area contributed by atoms with Crippen LogP contribution in [0.25, 0.3) is 0 Å². The van der Waals surface area contributed by atoms with Gasteiger partial charge < -0.3 is 11.1 Å². The van der Waals surface area contributed by atoms with Gasteiger partial charge in [-0.3, -0.25) is 4.79 Å². The molecule has 2 aliphatic carbocycles. The van der Waals surface area contributed by atoms with E-state index in [-0.39, 0.29) is 28.9 Å². The summed E-state index contributed by atoms with van der Waals surface area (Å²) in [7, 11) is 0. The fourth-order valence-corrected chi connectivity index (χ4v) is 3.85. The standard InChI is InChI=1S/C13H13ClFN5O/c14-13-18-4-8(15)12(20-13)19-10-7-2-5(1-6(7)3-16)9(10)11(17)21/h4-7,9-10H,1-2H2,(H2,17,21)(H,18,19,20)/t5-,6?,7-,9+,10-/m1/s1. The lowest BCUT2D eigenvalue weighted by Gasteiger charge is -2.32. The van der Waals surface area contributed by atoms with Gasteiger partial charge in [-0.1, -0.05) is 0 Å². The monoisotopic (exact) mass is 309 g/mol. The molecule has 5 atom stereocenters. The molecule has 6 nitrogen and oxygen atoms in total. The highest BCUT2D eigenvalue weighted by molar-refractivity contribution is 6.28. The first-order chi connectivity index (χ1) is 10.0. The van der Waals surface area contributed by atoms with Crippen molar-refractivity contribution in [3.8, 4) is 6.07 Å². The van der Waals surface area contributed by atoms with Crippen molar-refractivity contribution in [3.05, 3.63) is 17.3 Å². The quantitative estimate of drug-likeness (QED) is 0.820. The summed E-state index contributed by atoms with van der Waals surface area (Å²) >= 11 is 5.66. The van der Waals surface area contributed by atoms with Gasteiger partial charge >= 0.3 is 0 Å². The number of nitrogens with one attached hydrogen (secondary N) is 1. The van der Waals surface area contributed by atoms with Crippen molar-refractivity contribution >= 4 is 23.3 Å². The second kappa shape index (κ2) is 5.11. The number of hydrogen-bond donors (Lipinski definition) is 2. The van der Waals surface area contributed by atoms with Gasteiger partial charge in [0.15, 0.2) is 11.6 Å². The third-order valence-corrected chi connectivity index (χ3v) is 4.70. The molecule has 3 N–H and O–H groups in total. The molecule has 0 aromatic carbocycles. The van der Waals surface area contributed by atoms with Crippen LogP contribution in [-0.2, 0) is 4.79 Å². The maximum Gasteiger partial charge on any atom is 0.224 e. The third-order valence-electron chi connectivity index (χ3n) is 4.52. The van der Waals surface area contributed by atoms with Crippen molar-refractivity contribution in [3.63, 3.8) is 0 Å². The van der Waals surface area contributed by atoms with E-state index in [0.717, 1.165) is 12.6 Å². The highest BCUT2D eigenvalue weighted by Gasteiger charge is 2.55. The Hall–Kier alpha value is -1.94. The number of anilines is 1. The fourth-order valence-electron chi connectivity index (χ4n) is 3.72. The Morgan fingerprint density at radius 2 is 2.33 bits per heavy atom. The molecule has 1 heterocycles. The molecule has 3 rings (SSSR count). The minimum absolute atomic E-state index is 0.0364. The van der Waals surface area contributed by atoms with Crippen LogP contribution in [0.1, 0.15) is 12.8 Å². The minimum Gasteiger partial charge on any atom is -0.369 e. The summed E-state index contributed by atoms with van der Waals surface area (Å²) < 4.78 is 13.7. The van der Waals surface area contributed by atoms with E-state index in [1.807, 2.05) is 0 Å². The Kier molecular flexibility index (Phi) is 3.41. The van der Waals surface area contributed by atoms with E-state index in [0.29, 0.717) is 6.42 Å². The average Bonchev–Trinajstić information content (AvgIpc) is 3.00. The van der Waals surface area contributed by atoms with E-state index in [4.69, 9.17) is 17.3 Å². The molecule has 2 saturated carbocycles. The number of carbonyl (C=O) groups is 1. The molecular weight excluding hydrogens is 297 g/mol. The average molecular weight is 310 g/mol. The lowest BCUT2D eigenvalue weighted by molar-refractivity contribution is -0.123. The normalized spacial score (nSPS) is 33.7. The van der Waals surface area contributed by atoms with Crippen molar-refractivity contribution in [2.75, 3.05) is 5.32 Å². The number of aromatic nitrogens is 2. The van der Waals surface area contributed by atoms with Crippen molar-refractivity contribution in [2.45, 2.75) is 18.9 Å². The minimum atomic E-state index is -0.654. The van der Waals surface area contributed by atoms with Crippen molar-refractivity contribution in [1.29, 1.82) is 5.26 Å². The summed E-state index contributed by atoms with van der Waals surface area (Å²) in [4.78, 5) is 19.0. The number of nitrogens with zero attached hydrogens (tertiary/aromatic N) is 3. The van der Waals surface area contributed by atoms with E-state index in [1.54, 1.807) is 0 Å². The second-order valence-electron chi connectivity index (χ2n) is 5.56. The Morgan fingerprint density at radius 3 is 3.00 bits per heavy atom. The highest BCUT2D eigenvalue weighted by atomic mass is 35.5. The van der Waals surface area contributed by atoms with Crippen molar-refractivity contribution in [1.82, 2.24) is 9.97 Å². The van der Waals surface area contributed by atoms with Crippen molar-refractivity contribution in [2.24, 2.45) is 29.4 Å². The number of fused-ring (bicyclic) bond motifs is 2. The zero-order chi connectivity index (χ0) is 15.1. The number of nitriles is 1. The van der Waals surface area contributed by atoms with Gasteiger partial charge in [0, 0.05) is 6.04 Å². The van der Waals surface area contributed by atoms with Gasteiger partial charge in [0.05, 0.1) is 24.1 Å². The summed E-state index contributed by atoms with van der Waals surface area (Å²) in [6.45, 7) is 0. The Bertz CT molecular complexity index is 633. The molecule has 0 radical (unpaired) electrons. The first kappa shape index (κ1) is 14.0. The fraction of sp³-hybridized carbons (Fsp3) is 0.538. The number of nitrogens with two attached hydrogens (primary N) is 1. The number of carbonyl (C=O) groups excluding carboxylic acids is 1. The van der Waals surface area contributed by atoms with Crippen LogP contribution in [0, 0.1) is 40.8 Å². The zero-order valence-electron chi connectivity index (χ0n) is 11.0. The summed E-state index contributed by atoms with van der Waals surface area (Å²) in [6, 6.07) is 1.86. The molecule has 110 valence electrons. The predicted molar refractivity (Wildman–Crippen MR) is 72.4 cm³/mol.